The summed E-state index contributed by atoms with van der Waals surface area (Å²) in [5.74, 6) is 0.575. The number of fused-ring (bicyclic) bond motifs is 1. The van der Waals surface area contributed by atoms with Gasteiger partial charge in [-0.25, -0.2) is 0 Å². The highest BCUT2D eigenvalue weighted by Crippen LogP contribution is 2.39. The normalized spacial score (nSPS) is 17.8. The molecule has 3 rings (SSSR count). The van der Waals surface area contributed by atoms with Gasteiger partial charge in [0.2, 0.25) is 5.91 Å². The number of carbonyl (C=O) groups excluding carboxylic acids is 1. The summed E-state index contributed by atoms with van der Waals surface area (Å²) in [6.07, 6.45) is -0.731. The zero-order valence-corrected chi connectivity index (χ0v) is 13.4. The fourth-order valence-electron chi connectivity index (χ4n) is 2.50. The molecule has 1 aliphatic rings. The minimum absolute atomic E-state index is 0.0366. The van der Waals surface area contributed by atoms with E-state index in [2.05, 4.69) is 5.32 Å². The van der Waals surface area contributed by atoms with E-state index in [-0.39, 0.29) is 18.4 Å². The second kappa shape index (κ2) is 6.73. The van der Waals surface area contributed by atoms with E-state index in [1.807, 2.05) is 24.3 Å². The molecule has 22 heavy (non-hydrogen) atoms. The van der Waals surface area contributed by atoms with E-state index in [9.17, 15) is 9.90 Å². The van der Waals surface area contributed by atoms with Crippen molar-refractivity contribution in [3.8, 4) is 0 Å². The van der Waals surface area contributed by atoms with Gasteiger partial charge < -0.3 is 10.4 Å². The van der Waals surface area contributed by atoms with Gasteiger partial charge in [-0.3, -0.25) is 4.79 Å². The molecule has 2 aromatic rings. The van der Waals surface area contributed by atoms with Gasteiger partial charge in [-0.15, -0.1) is 11.8 Å². The van der Waals surface area contributed by atoms with Crippen LogP contribution in [0.3, 0.4) is 0 Å². The molecule has 0 spiro atoms. The Hall–Kier alpha value is -1.49. The first kappa shape index (κ1) is 15.4. The SMILES string of the molecule is O=C(NCC(O)c1ccc(Cl)cc1)C1CSc2ccccc21. The molecule has 1 heterocycles. The van der Waals surface area contributed by atoms with Crippen molar-refractivity contribution in [1.29, 1.82) is 0 Å². The molecule has 0 aliphatic carbocycles. The van der Waals surface area contributed by atoms with Gasteiger partial charge in [0.15, 0.2) is 0 Å². The molecule has 1 amide bonds. The summed E-state index contributed by atoms with van der Waals surface area (Å²) in [7, 11) is 0. The number of benzene rings is 2. The fraction of sp³-hybridized carbons (Fsp3) is 0.235. The van der Waals surface area contributed by atoms with Gasteiger partial charge >= 0.3 is 0 Å². The summed E-state index contributed by atoms with van der Waals surface area (Å²) < 4.78 is 0. The maximum Gasteiger partial charge on any atom is 0.228 e. The molecule has 0 aromatic heterocycles. The molecule has 0 bridgehead atoms. The van der Waals surface area contributed by atoms with Gasteiger partial charge in [0.1, 0.15) is 0 Å². The second-order valence-corrected chi connectivity index (χ2v) is 6.71. The number of hydrogen-bond donors (Lipinski definition) is 2. The molecular weight excluding hydrogens is 318 g/mol. The maximum absolute atomic E-state index is 12.3. The quantitative estimate of drug-likeness (QED) is 0.901. The molecule has 0 saturated carbocycles. The molecule has 2 unspecified atom stereocenters. The van der Waals surface area contributed by atoms with E-state index in [4.69, 9.17) is 11.6 Å². The topological polar surface area (TPSA) is 49.3 Å². The van der Waals surface area contributed by atoms with Crippen LogP contribution in [0.1, 0.15) is 23.1 Å². The van der Waals surface area contributed by atoms with Crippen molar-refractivity contribution in [2.24, 2.45) is 0 Å². The van der Waals surface area contributed by atoms with Crippen LogP contribution >= 0.6 is 23.4 Å². The van der Waals surface area contributed by atoms with E-state index in [0.717, 1.165) is 16.9 Å². The third-order valence-electron chi connectivity index (χ3n) is 3.74. The van der Waals surface area contributed by atoms with Crippen LogP contribution in [-0.2, 0) is 4.79 Å². The molecule has 2 atom stereocenters. The molecular formula is C17H16ClNO2S. The number of carbonyl (C=O) groups is 1. The van der Waals surface area contributed by atoms with Crippen LogP contribution in [0, 0.1) is 0 Å². The van der Waals surface area contributed by atoms with Gasteiger partial charge in [-0.2, -0.15) is 0 Å². The smallest absolute Gasteiger partial charge is 0.228 e. The Morgan fingerprint density at radius 3 is 2.77 bits per heavy atom. The standard InChI is InChI=1S/C17H16ClNO2S/c18-12-7-5-11(6-8-12)15(20)9-19-17(21)14-10-22-16-4-2-1-3-13(14)16/h1-8,14-15,20H,9-10H2,(H,19,21). The van der Waals surface area contributed by atoms with Crippen LogP contribution in [0.25, 0.3) is 0 Å². The van der Waals surface area contributed by atoms with Gasteiger partial charge in [0.05, 0.1) is 12.0 Å². The van der Waals surface area contributed by atoms with E-state index in [0.29, 0.717) is 5.02 Å². The van der Waals surface area contributed by atoms with Crippen molar-refractivity contribution in [1.82, 2.24) is 5.32 Å². The van der Waals surface area contributed by atoms with Crippen LogP contribution in [0.4, 0.5) is 0 Å². The van der Waals surface area contributed by atoms with Crippen molar-refractivity contribution in [2.75, 3.05) is 12.3 Å². The van der Waals surface area contributed by atoms with Crippen LogP contribution in [0.2, 0.25) is 5.02 Å². The molecule has 3 nitrogen and oxygen atoms in total. The first-order valence-corrected chi connectivity index (χ1v) is 8.44. The predicted octanol–water partition coefficient (Wildman–Crippen LogP) is 3.38. The monoisotopic (exact) mass is 333 g/mol. The largest absolute Gasteiger partial charge is 0.387 e. The number of hydrogen-bond acceptors (Lipinski definition) is 3. The van der Waals surface area contributed by atoms with Crippen LogP contribution < -0.4 is 5.32 Å². The second-order valence-electron chi connectivity index (χ2n) is 5.21. The van der Waals surface area contributed by atoms with Gasteiger partial charge in [0.25, 0.3) is 0 Å². The Balaban J connectivity index is 1.60. The summed E-state index contributed by atoms with van der Waals surface area (Å²) in [6.45, 7) is 0.198. The van der Waals surface area contributed by atoms with Crippen LogP contribution in [-0.4, -0.2) is 23.3 Å². The van der Waals surface area contributed by atoms with Crippen molar-refractivity contribution in [2.45, 2.75) is 16.9 Å². The minimum Gasteiger partial charge on any atom is -0.387 e. The summed E-state index contributed by atoms with van der Waals surface area (Å²) in [5.41, 5.74) is 1.82. The molecule has 114 valence electrons. The highest BCUT2D eigenvalue weighted by atomic mass is 35.5. The summed E-state index contributed by atoms with van der Waals surface area (Å²) in [4.78, 5) is 13.5. The van der Waals surface area contributed by atoms with Crippen molar-refractivity contribution >= 4 is 29.3 Å². The molecule has 1 aliphatic heterocycles. The van der Waals surface area contributed by atoms with Crippen molar-refractivity contribution in [3.05, 3.63) is 64.7 Å². The molecule has 0 saturated heterocycles. The van der Waals surface area contributed by atoms with E-state index < -0.39 is 6.10 Å². The fourth-order valence-corrected chi connectivity index (χ4v) is 3.86. The van der Waals surface area contributed by atoms with Crippen molar-refractivity contribution < 1.29 is 9.90 Å². The van der Waals surface area contributed by atoms with Gasteiger partial charge in [-0.05, 0) is 29.3 Å². The van der Waals surface area contributed by atoms with Gasteiger partial charge in [0, 0.05) is 22.2 Å². The number of thioether (sulfide) groups is 1. The lowest BCUT2D eigenvalue weighted by Gasteiger charge is -2.15. The molecule has 2 aromatic carbocycles. The van der Waals surface area contributed by atoms with E-state index in [1.165, 1.54) is 4.90 Å². The Kier molecular flexibility index (Phi) is 4.71. The third kappa shape index (κ3) is 3.29. The van der Waals surface area contributed by atoms with E-state index in [1.54, 1.807) is 36.0 Å². The van der Waals surface area contributed by atoms with Crippen molar-refractivity contribution in [3.63, 3.8) is 0 Å². The molecule has 2 N–H and O–H groups in total. The molecule has 0 radical (unpaired) electrons. The van der Waals surface area contributed by atoms with Crippen LogP contribution in [0.15, 0.2) is 53.4 Å². The number of halogens is 1. The minimum atomic E-state index is -0.731. The first-order valence-electron chi connectivity index (χ1n) is 7.08. The average Bonchev–Trinajstić information content (AvgIpc) is 2.97. The third-order valence-corrected chi connectivity index (χ3v) is 5.18. The average molecular weight is 334 g/mol. The Bertz CT molecular complexity index is 675. The Morgan fingerprint density at radius 1 is 1.27 bits per heavy atom. The summed E-state index contributed by atoms with van der Waals surface area (Å²) >= 11 is 7.52. The molecule has 0 fully saturated rings. The number of aliphatic hydroxyl groups is 1. The lowest BCUT2D eigenvalue weighted by molar-refractivity contribution is -0.122. The van der Waals surface area contributed by atoms with Gasteiger partial charge in [-0.1, -0.05) is 41.9 Å². The predicted molar refractivity (Wildman–Crippen MR) is 89.3 cm³/mol. The first-order chi connectivity index (χ1) is 10.6. The number of rotatable bonds is 4. The number of amides is 1. The Morgan fingerprint density at radius 2 is 2.00 bits per heavy atom. The number of aliphatic hydroxyl groups excluding tert-OH is 1. The number of nitrogens with one attached hydrogen (secondary N) is 1. The highest BCUT2D eigenvalue weighted by molar-refractivity contribution is 7.99. The Labute approximate surface area is 138 Å². The zero-order valence-electron chi connectivity index (χ0n) is 11.8. The summed E-state index contributed by atoms with van der Waals surface area (Å²) in [6, 6.07) is 15.0. The molecule has 5 heteroatoms. The zero-order chi connectivity index (χ0) is 15.5. The summed E-state index contributed by atoms with van der Waals surface area (Å²) in [5, 5.41) is 13.6. The lowest BCUT2D eigenvalue weighted by atomic mass is 10.0. The highest BCUT2D eigenvalue weighted by Gasteiger charge is 2.29. The van der Waals surface area contributed by atoms with Crippen LogP contribution in [0.5, 0.6) is 0 Å². The maximum atomic E-state index is 12.3. The lowest BCUT2D eigenvalue weighted by Crippen LogP contribution is -2.32. The van der Waals surface area contributed by atoms with E-state index >= 15 is 0 Å².